The minimum absolute atomic E-state index is 0.218. The van der Waals surface area contributed by atoms with E-state index in [1.807, 2.05) is 32.2 Å². The molecule has 0 fully saturated rings. The Bertz CT molecular complexity index is 387. The van der Waals surface area contributed by atoms with Crippen molar-refractivity contribution >= 4 is 33.4 Å². The highest BCUT2D eigenvalue weighted by atomic mass is 79.9. The predicted molar refractivity (Wildman–Crippen MR) is 73.2 cm³/mol. The van der Waals surface area contributed by atoms with Gasteiger partial charge < -0.3 is 15.8 Å². The van der Waals surface area contributed by atoms with Crippen molar-refractivity contribution < 1.29 is 9.53 Å². The fourth-order valence-corrected chi connectivity index (χ4v) is 2.38. The molecule has 1 aromatic rings. The first-order valence-corrected chi connectivity index (χ1v) is 6.91. The normalized spacial score (nSPS) is 13.2. The monoisotopic (exact) mass is 320 g/mol. The van der Waals surface area contributed by atoms with E-state index >= 15 is 0 Å². The molecule has 0 aromatic carbocycles. The van der Waals surface area contributed by atoms with E-state index in [1.165, 1.54) is 0 Å². The lowest BCUT2D eigenvalue weighted by atomic mass is 10.2. The summed E-state index contributed by atoms with van der Waals surface area (Å²) >= 11 is 4.94. The summed E-state index contributed by atoms with van der Waals surface area (Å²) in [5, 5.41) is 4.61. The van der Waals surface area contributed by atoms with Crippen LogP contribution in [0.25, 0.3) is 0 Å². The van der Waals surface area contributed by atoms with Gasteiger partial charge in [0.25, 0.3) is 0 Å². The molecule has 3 N–H and O–H groups in total. The van der Waals surface area contributed by atoms with Gasteiger partial charge in [0.2, 0.25) is 0 Å². The maximum absolute atomic E-state index is 11.4. The van der Waals surface area contributed by atoms with E-state index in [9.17, 15) is 4.79 Å². The van der Waals surface area contributed by atoms with Crippen LogP contribution in [0.15, 0.2) is 15.2 Å². The van der Waals surface area contributed by atoms with E-state index in [0.717, 1.165) is 9.35 Å². The van der Waals surface area contributed by atoms with Gasteiger partial charge in [0, 0.05) is 12.6 Å². The van der Waals surface area contributed by atoms with Crippen molar-refractivity contribution in [2.24, 2.45) is 5.73 Å². The number of thiophene rings is 1. The number of ether oxygens (including phenoxy) is 1. The molecule has 0 spiro atoms. The molecule has 1 heterocycles. The fraction of sp³-hybridized carbons (Fsp3) is 0.545. The van der Waals surface area contributed by atoms with Crippen molar-refractivity contribution in [2.75, 3.05) is 6.54 Å². The van der Waals surface area contributed by atoms with Crippen molar-refractivity contribution in [1.82, 2.24) is 5.32 Å². The van der Waals surface area contributed by atoms with Crippen LogP contribution in [-0.2, 0) is 4.74 Å². The molecule has 6 heteroatoms. The SMILES string of the molecule is CC(C)(C)OC(=O)NCC(N)c1csc(Br)c1. The van der Waals surface area contributed by atoms with Crippen LogP contribution < -0.4 is 11.1 Å². The molecule has 17 heavy (non-hydrogen) atoms. The van der Waals surface area contributed by atoms with Crippen LogP contribution in [0.5, 0.6) is 0 Å². The molecule has 0 aliphatic carbocycles. The van der Waals surface area contributed by atoms with Gasteiger partial charge in [-0.05, 0) is 53.7 Å². The number of nitrogens with one attached hydrogen (secondary N) is 1. The van der Waals surface area contributed by atoms with Crippen LogP contribution in [0, 0.1) is 0 Å². The van der Waals surface area contributed by atoms with Gasteiger partial charge in [0.1, 0.15) is 5.60 Å². The minimum atomic E-state index is -0.487. The van der Waals surface area contributed by atoms with Gasteiger partial charge in [-0.25, -0.2) is 4.79 Å². The minimum Gasteiger partial charge on any atom is -0.444 e. The number of nitrogens with two attached hydrogens (primary N) is 1. The second-order valence-corrected chi connectivity index (χ2v) is 6.96. The smallest absolute Gasteiger partial charge is 0.407 e. The highest BCUT2D eigenvalue weighted by molar-refractivity contribution is 9.11. The highest BCUT2D eigenvalue weighted by Crippen LogP contribution is 2.23. The Balaban J connectivity index is 2.38. The topological polar surface area (TPSA) is 64.3 Å². The predicted octanol–water partition coefficient (Wildman–Crippen LogP) is 3.04. The van der Waals surface area contributed by atoms with Gasteiger partial charge >= 0.3 is 6.09 Å². The van der Waals surface area contributed by atoms with Gasteiger partial charge in [0.15, 0.2) is 0 Å². The zero-order valence-electron chi connectivity index (χ0n) is 10.1. The Kier molecular flexibility index (Phi) is 4.97. The molecular weight excluding hydrogens is 304 g/mol. The molecule has 96 valence electrons. The molecule has 0 aliphatic heterocycles. The zero-order valence-corrected chi connectivity index (χ0v) is 12.5. The third-order valence-electron chi connectivity index (χ3n) is 1.88. The first kappa shape index (κ1) is 14.5. The summed E-state index contributed by atoms with van der Waals surface area (Å²) in [4.78, 5) is 11.4. The Morgan fingerprint density at radius 2 is 2.29 bits per heavy atom. The Morgan fingerprint density at radius 3 is 2.76 bits per heavy atom. The molecule has 0 bridgehead atoms. The van der Waals surface area contributed by atoms with Crippen molar-refractivity contribution in [1.29, 1.82) is 0 Å². The molecule has 0 radical (unpaired) electrons. The van der Waals surface area contributed by atoms with E-state index in [0.29, 0.717) is 6.54 Å². The summed E-state index contributed by atoms with van der Waals surface area (Å²) in [5.74, 6) is 0. The molecule has 1 amide bonds. The average Bonchev–Trinajstić information content (AvgIpc) is 2.58. The largest absolute Gasteiger partial charge is 0.444 e. The van der Waals surface area contributed by atoms with Crippen LogP contribution in [0.4, 0.5) is 4.79 Å². The first-order chi connectivity index (χ1) is 7.78. The summed E-state index contributed by atoms with van der Waals surface area (Å²) in [5.41, 5.74) is 6.45. The summed E-state index contributed by atoms with van der Waals surface area (Å²) in [6.45, 7) is 5.82. The van der Waals surface area contributed by atoms with Crippen molar-refractivity contribution in [2.45, 2.75) is 32.4 Å². The van der Waals surface area contributed by atoms with Crippen LogP contribution in [0.1, 0.15) is 32.4 Å². The molecule has 1 aromatic heterocycles. The van der Waals surface area contributed by atoms with Gasteiger partial charge in [-0.1, -0.05) is 0 Å². The number of hydrogen-bond acceptors (Lipinski definition) is 4. The van der Waals surface area contributed by atoms with Crippen LogP contribution >= 0.6 is 27.3 Å². The maximum Gasteiger partial charge on any atom is 0.407 e. The zero-order chi connectivity index (χ0) is 13.1. The molecule has 1 rings (SSSR count). The van der Waals surface area contributed by atoms with E-state index in [2.05, 4.69) is 21.2 Å². The lowest BCUT2D eigenvalue weighted by Gasteiger charge is -2.20. The Labute approximate surface area is 114 Å². The first-order valence-electron chi connectivity index (χ1n) is 5.24. The average molecular weight is 321 g/mol. The van der Waals surface area contributed by atoms with E-state index in [1.54, 1.807) is 11.3 Å². The van der Waals surface area contributed by atoms with E-state index < -0.39 is 11.7 Å². The van der Waals surface area contributed by atoms with Crippen LogP contribution in [-0.4, -0.2) is 18.2 Å². The second-order valence-electron chi connectivity index (χ2n) is 4.67. The Morgan fingerprint density at radius 1 is 1.65 bits per heavy atom. The summed E-state index contributed by atoms with van der Waals surface area (Å²) in [6.07, 6.45) is -0.442. The molecular formula is C11H17BrN2O2S. The molecule has 0 saturated carbocycles. The number of rotatable bonds is 3. The molecule has 1 unspecified atom stereocenters. The Hall–Kier alpha value is -0.590. The number of hydrogen-bond donors (Lipinski definition) is 2. The molecule has 0 saturated heterocycles. The number of alkyl carbamates (subject to hydrolysis) is 1. The van der Waals surface area contributed by atoms with Gasteiger partial charge in [0.05, 0.1) is 3.79 Å². The molecule has 1 atom stereocenters. The van der Waals surface area contributed by atoms with Gasteiger partial charge in [-0.2, -0.15) is 0 Å². The lowest BCUT2D eigenvalue weighted by Crippen LogP contribution is -2.36. The third kappa shape index (κ3) is 5.52. The fourth-order valence-electron chi connectivity index (χ4n) is 1.14. The summed E-state index contributed by atoms with van der Waals surface area (Å²) in [6, 6.07) is 1.73. The van der Waals surface area contributed by atoms with Crippen LogP contribution in [0.2, 0.25) is 0 Å². The van der Waals surface area contributed by atoms with Crippen molar-refractivity contribution in [3.8, 4) is 0 Å². The number of amides is 1. The van der Waals surface area contributed by atoms with Gasteiger partial charge in [-0.3, -0.25) is 0 Å². The number of carbonyl (C=O) groups is 1. The summed E-state index contributed by atoms with van der Waals surface area (Å²) < 4.78 is 6.14. The van der Waals surface area contributed by atoms with Crippen molar-refractivity contribution in [3.63, 3.8) is 0 Å². The lowest BCUT2D eigenvalue weighted by molar-refractivity contribution is 0.0524. The van der Waals surface area contributed by atoms with Crippen LogP contribution in [0.3, 0.4) is 0 Å². The molecule has 4 nitrogen and oxygen atoms in total. The molecule has 0 aliphatic rings. The number of halogens is 1. The van der Waals surface area contributed by atoms with E-state index in [4.69, 9.17) is 10.5 Å². The second kappa shape index (κ2) is 5.84. The van der Waals surface area contributed by atoms with E-state index in [-0.39, 0.29) is 6.04 Å². The standard InChI is InChI=1S/C11H17BrN2O2S/c1-11(2,3)16-10(15)14-5-8(13)7-4-9(12)17-6-7/h4,6,8H,5,13H2,1-3H3,(H,14,15). The maximum atomic E-state index is 11.4. The van der Waals surface area contributed by atoms with Crippen molar-refractivity contribution in [3.05, 3.63) is 20.8 Å². The summed E-state index contributed by atoms with van der Waals surface area (Å²) in [7, 11) is 0. The quantitative estimate of drug-likeness (QED) is 0.899. The van der Waals surface area contributed by atoms with Gasteiger partial charge in [-0.15, -0.1) is 11.3 Å². The number of carbonyl (C=O) groups excluding carboxylic acids is 1. The highest BCUT2D eigenvalue weighted by Gasteiger charge is 2.17. The third-order valence-corrected chi connectivity index (χ3v) is 3.40.